The highest BCUT2D eigenvalue weighted by atomic mass is 32.3. The molecule has 0 unspecified atom stereocenters. The molecule has 0 radical (unpaired) electrons. The molecule has 9 heavy (non-hydrogen) atoms. The monoisotopic (exact) mass is 167 g/mol. The summed E-state index contributed by atoms with van der Waals surface area (Å²) >= 11 is 0. The Hall–Kier alpha value is -0.290. The van der Waals surface area contributed by atoms with Gasteiger partial charge in [0.1, 0.15) is 0 Å². The van der Waals surface area contributed by atoms with E-state index in [9.17, 15) is 0 Å². The van der Waals surface area contributed by atoms with E-state index in [1.807, 2.05) is 0 Å². The third-order valence-corrected chi connectivity index (χ3v) is 0. The summed E-state index contributed by atoms with van der Waals surface area (Å²) < 4.78 is 31.6. The van der Waals surface area contributed by atoms with E-state index >= 15 is 0 Å². The number of hydrogen-bond acceptors (Lipinski definition) is 5. The maximum atomic E-state index is 8.74. The fraction of sp³-hybridized carbons (Fsp3) is 0. The van der Waals surface area contributed by atoms with Gasteiger partial charge in [0, 0.05) is 0 Å². The maximum absolute atomic E-state index is 8.74. The Kier molecular flexibility index (Phi) is 44.5. The molecule has 0 aromatic rings. The van der Waals surface area contributed by atoms with Crippen molar-refractivity contribution in [1.29, 1.82) is 0 Å². The van der Waals surface area contributed by atoms with Crippen LogP contribution in [0.5, 0.6) is 0 Å². The van der Waals surface area contributed by atoms with Crippen molar-refractivity contribution in [2.24, 2.45) is 0 Å². The van der Waals surface area contributed by atoms with Crippen molar-refractivity contribution < 1.29 is 23.0 Å². The van der Waals surface area contributed by atoms with Crippen LogP contribution in [0.25, 0.3) is 0 Å². The lowest BCUT2D eigenvalue weighted by Crippen LogP contribution is -1.89. The number of hydrogen-bond donors (Lipinski definition) is 5. The first-order chi connectivity index (χ1) is 2.00. The summed E-state index contributed by atoms with van der Waals surface area (Å²) in [6.45, 7) is 0. The quantitative estimate of drug-likeness (QED) is 0.283. The molecule has 0 heterocycles. The SMILES string of the molecule is N.N.N.O.O=S(=O)(O)O. The molecular weight excluding hydrogens is 154 g/mol. The second kappa shape index (κ2) is 10.6. The Balaban J connectivity index is -0.0000000133. The second-order valence-electron chi connectivity index (χ2n) is 0.448. The van der Waals surface area contributed by atoms with E-state index in [4.69, 9.17) is 17.5 Å². The van der Waals surface area contributed by atoms with Crippen LogP contribution in [0.4, 0.5) is 0 Å². The molecule has 9 heteroatoms. The molecule has 0 bridgehead atoms. The zero-order valence-electron chi connectivity index (χ0n) is 4.74. The highest BCUT2D eigenvalue weighted by Crippen LogP contribution is 1.59. The Labute approximate surface area is 52.9 Å². The van der Waals surface area contributed by atoms with Crippen molar-refractivity contribution >= 4 is 10.4 Å². The number of rotatable bonds is 0. The lowest BCUT2D eigenvalue weighted by Gasteiger charge is -1.68. The normalized spacial score (nSPS) is 6.44. The molecule has 8 nitrogen and oxygen atoms in total. The molecule has 0 rings (SSSR count). The van der Waals surface area contributed by atoms with Crippen molar-refractivity contribution in [2.75, 3.05) is 0 Å². The molecule has 0 saturated heterocycles. The van der Waals surface area contributed by atoms with Crippen LogP contribution in [-0.2, 0) is 10.4 Å². The van der Waals surface area contributed by atoms with E-state index in [0.717, 1.165) is 0 Å². The van der Waals surface area contributed by atoms with Crippen molar-refractivity contribution in [3.8, 4) is 0 Å². The van der Waals surface area contributed by atoms with Crippen LogP contribution in [0.15, 0.2) is 0 Å². The van der Waals surface area contributed by atoms with Crippen LogP contribution in [0.1, 0.15) is 0 Å². The predicted molar refractivity (Wildman–Crippen MR) is 32.9 cm³/mol. The summed E-state index contributed by atoms with van der Waals surface area (Å²) in [5.74, 6) is 0. The van der Waals surface area contributed by atoms with E-state index < -0.39 is 10.4 Å². The van der Waals surface area contributed by atoms with Crippen LogP contribution in [0.2, 0.25) is 0 Å². The molecule has 64 valence electrons. The van der Waals surface area contributed by atoms with Gasteiger partial charge < -0.3 is 23.9 Å². The van der Waals surface area contributed by atoms with E-state index in [2.05, 4.69) is 0 Å². The minimum Gasteiger partial charge on any atom is -0.412 e. The van der Waals surface area contributed by atoms with E-state index in [1.165, 1.54) is 0 Å². The van der Waals surface area contributed by atoms with Gasteiger partial charge in [-0.2, -0.15) is 8.42 Å². The lowest BCUT2D eigenvalue weighted by atomic mass is 14.0. The molecule has 13 N–H and O–H groups in total. The minimum atomic E-state index is -4.67. The van der Waals surface area contributed by atoms with Crippen molar-refractivity contribution in [2.45, 2.75) is 0 Å². The summed E-state index contributed by atoms with van der Waals surface area (Å²) in [5, 5.41) is 0. The predicted octanol–water partition coefficient (Wildman–Crippen LogP) is -0.992. The molecule has 0 spiro atoms. The standard InChI is InChI=1S/3H3N.H2O4S.H2O/c;;;1-5(2,3)4;/h3*1H3;(H2,1,2,3,4);1H2. The zero-order chi connectivity index (χ0) is 4.50. The molecule has 0 aliphatic carbocycles. The topological polar surface area (TPSA) is 211 Å². The minimum absolute atomic E-state index is 0. The van der Waals surface area contributed by atoms with Gasteiger partial charge in [-0.05, 0) is 0 Å². The second-order valence-corrected chi connectivity index (χ2v) is 1.34. The van der Waals surface area contributed by atoms with Gasteiger partial charge in [0.05, 0.1) is 0 Å². The third-order valence-electron chi connectivity index (χ3n) is 0. The molecular formula is H13N3O5S. The highest BCUT2D eigenvalue weighted by molar-refractivity contribution is 7.79. The summed E-state index contributed by atoms with van der Waals surface area (Å²) in [7, 11) is -4.67. The maximum Gasteiger partial charge on any atom is 0.394 e. The van der Waals surface area contributed by atoms with Crippen LogP contribution < -0.4 is 18.5 Å². The van der Waals surface area contributed by atoms with Gasteiger partial charge in [-0.1, -0.05) is 0 Å². The summed E-state index contributed by atoms with van der Waals surface area (Å²) in [6, 6.07) is 0. The Bertz CT molecular complexity index is 95.4. The van der Waals surface area contributed by atoms with Crippen molar-refractivity contribution in [3.05, 3.63) is 0 Å². The van der Waals surface area contributed by atoms with Crippen molar-refractivity contribution in [3.63, 3.8) is 0 Å². The first-order valence-electron chi connectivity index (χ1n) is 0.698. The van der Waals surface area contributed by atoms with Crippen LogP contribution in [0, 0.1) is 0 Å². The summed E-state index contributed by atoms with van der Waals surface area (Å²) in [6.07, 6.45) is 0. The third kappa shape index (κ3) is 2990. The van der Waals surface area contributed by atoms with Gasteiger partial charge in [-0.25, -0.2) is 0 Å². The van der Waals surface area contributed by atoms with Gasteiger partial charge in [0.2, 0.25) is 0 Å². The highest BCUT2D eigenvalue weighted by Gasteiger charge is 1.84. The largest absolute Gasteiger partial charge is 0.412 e. The van der Waals surface area contributed by atoms with Crippen molar-refractivity contribution in [1.82, 2.24) is 18.5 Å². The van der Waals surface area contributed by atoms with Crippen LogP contribution in [-0.4, -0.2) is 23.0 Å². The van der Waals surface area contributed by atoms with Gasteiger partial charge in [-0.15, -0.1) is 0 Å². The zero-order valence-corrected chi connectivity index (χ0v) is 5.56. The molecule has 0 atom stereocenters. The lowest BCUT2D eigenvalue weighted by molar-refractivity contribution is 0.381. The molecule has 0 saturated carbocycles. The molecule has 0 aliphatic rings. The Morgan fingerprint density at radius 1 is 0.889 bits per heavy atom. The van der Waals surface area contributed by atoms with Gasteiger partial charge >= 0.3 is 10.4 Å². The van der Waals surface area contributed by atoms with Gasteiger partial charge in [-0.3, -0.25) is 9.11 Å². The average molecular weight is 167 g/mol. The molecule has 0 fully saturated rings. The molecule has 0 aliphatic heterocycles. The molecule has 0 amide bonds. The fourth-order valence-corrected chi connectivity index (χ4v) is 0. The van der Waals surface area contributed by atoms with Crippen LogP contribution >= 0.6 is 0 Å². The van der Waals surface area contributed by atoms with E-state index in [1.54, 1.807) is 0 Å². The first kappa shape index (κ1) is 37.6. The van der Waals surface area contributed by atoms with E-state index in [0.29, 0.717) is 0 Å². The van der Waals surface area contributed by atoms with Crippen LogP contribution in [0.3, 0.4) is 0 Å². The summed E-state index contributed by atoms with van der Waals surface area (Å²) in [5.41, 5.74) is 0. The average Bonchev–Trinajstić information content (AvgIpc) is 0.722. The Morgan fingerprint density at radius 2 is 0.889 bits per heavy atom. The fourth-order valence-electron chi connectivity index (χ4n) is 0. The van der Waals surface area contributed by atoms with Gasteiger partial charge in [0.15, 0.2) is 0 Å². The first-order valence-corrected chi connectivity index (χ1v) is 2.10. The smallest absolute Gasteiger partial charge is 0.394 e. The molecule has 0 aromatic carbocycles. The Morgan fingerprint density at radius 3 is 0.889 bits per heavy atom. The van der Waals surface area contributed by atoms with Gasteiger partial charge in [0.25, 0.3) is 0 Å². The van der Waals surface area contributed by atoms with E-state index in [-0.39, 0.29) is 23.9 Å². The summed E-state index contributed by atoms with van der Waals surface area (Å²) in [4.78, 5) is 0. The molecule has 0 aromatic heterocycles.